The Morgan fingerprint density at radius 3 is 2.74 bits per heavy atom. The number of benzene rings is 1. The molecule has 0 heterocycles. The third-order valence-electron chi connectivity index (χ3n) is 2.46. The third-order valence-corrected chi connectivity index (χ3v) is 2.82. The van der Waals surface area contributed by atoms with E-state index < -0.39 is 0 Å². The Morgan fingerprint density at radius 2 is 2.16 bits per heavy atom. The Bertz CT molecular complexity index is 412. The van der Waals surface area contributed by atoms with Gasteiger partial charge in [-0.3, -0.25) is 4.99 Å². The second-order valence-electron chi connectivity index (χ2n) is 4.51. The second-order valence-corrected chi connectivity index (χ2v) is 4.92. The minimum Gasteiger partial charge on any atom is -0.357 e. The lowest BCUT2D eigenvalue weighted by molar-refractivity contribution is 0.609. The van der Waals surface area contributed by atoms with E-state index in [1.165, 1.54) is 6.07 Å². The van der Waals surface area contributed by atoms with Crippen LogP contribution in [0.15, 0.2) is 23.2 Å². The maximum Gasteiger partial charge on any atom is 0.191 e. The molecule has 0 radical (unpaired) electrons. The fourth-order valence-electron chi connectivity index (χ4n) is 1.64. The van der Waals surface area contributed by atoms with Crippen molar-refractivity contribution in [3.63, 3.8) is 0 Å². The molecular formula is C14H21ClFN3. The van der Waals surface area contributed by atoms with Crippen molar-refractivity contribution in [1.82, 2.24) is 10.6 Å². The van der Waals surface area contributed by atoms with Crippen LogP contribution in [0.5, 0.6) is 0 Å². The van der Waals surface area contributed by atoms with Crippen LogP contribution < -0.4 is 10.6 Å². The van der Waals surface area contributed by atoms with Crippen molar-refractivity contribution in [3.05, 3.63) is 34.6 Å². The van der Waals surface area contributed by atoms with E-state index in [0.29, 0.717) is 29.6 Å². The number of guanidine groups is 1. The Balaban J connectivity index is 2.64. The van der Waals surface area contributed by atoms with Crippen LogP contribution in [0.4, 0.5) is 4.39 Å². The number of nitrogens with one attached hydrogen (secondary N) is 2. The SMILES string of the molecule is CCNC(=NCCc1c(F)cccc1Cl)NC(C)C. The fourth-order valence-corrected chi connectivity index (χ4v) is 1.90. The van der Waals surface area contributed by atoms with Gasteiger partial charge >= 0.3 is 0 Å². The minimum absolute atomic E-state index is 0.274. The molecule has 5 heteroatoms. The highest BCUT2D eigenvalue weighted by Gasteiger charge is 2.06. The molecule has 0 unspecified atom stereocenters. The summed E-state index contributed by atoms with van der Waals surface area (Å²) in [5.41, 5.74) is 0.522. The van der Waals surface area contributed by atoms with Gasteiger partial charge in [0.2, 0.25) is 0 Å². The zero-order chi connectivity index (χ0) is 14.3. The van der Waals surface area contributed by atoms with Gasteiger partial charge in [0, 0.05) is 29.7 Å². The second kappa shape index (κ2) is 8.00. The molecule has 1 aromatic rings. The molecule has 0 bridgehead atoms. The minimum atomic E-state index is -0.274. The summed E-state index contributed by atoms with van der Waals surface area (Å²) in [6.45, 7) is 7.37. The quantitative estimate of drug-likeness (QED) is 0.644. The van der Waals surface area contributed by atoms with E-state index in [1.54, 1.807) is 12.1 Å². The van der Waals surface area contributed by atoms with Crippen molar-refractivity contribution < 1.29 is 4.39 Å². The molecule has 0 aliphatic heterocycles. The summed E-state index contributed by atoms with van der Waals surface area (Å²) in [6, 6.07) is 5.02. The van der Waals surface area contributed by atoms with Gasteiger partial charge in [0.05, 0.1) is 0 Å². The van der Waals surface area contributed by atoms with E-state index >= 15 is 0 Å². The number of hydrogen-bond donors (Lipinski definition) is 2. The number of hydrogen-bond acceptors (Lipinski definition) is 1. The van der Waals surface area contributed by atoms with E-state index in [9.17, 15) is 4.39 Å². The van der Waals surface area contributed by atoms with Gasteiger partial charge < -0.3 is 10.6 Å². The van der Waals surface area contributed by atoms with Crippen LogP contribution in [0.3, 0.4) is 0 Å². The van der Waals surface area contributed by atoms with Crippen LogP contribution in [0.2, 0.25) is 5.02 Å². The summed E-state index contributed by atoms with van der Waals surface area (Å²) in [5.74, 6) is 0.467. The standard InChI is InChI=1S/C14H21ClFN3/c1-4-17-14(19-10(2)3)18-9-8-11-12(15)6-5-7-13(11)16/h5-7,10H,4,8-9H2,1-3H3,(H2,17,18,19). The molecule has 0 aliphatic carbocycles. The van der Waals surface area contributed by atoms with Crippen molar-refractivity contribution in [1.29, 1.82) is 0 Å². The van der Waals surface area contributed by atoms with Gasteiger partial charge in [0.1, 0.15) is 5.82 Å². The highest BCUT2D eigenvalue weighted by atomic mass is 35.5. The summed E-state index contributed by atoms with van der Waals surface area (Å²) in [6.07, 6.45) is 0.486. The average Bonchev–Trinajstić information content (AvgIpc) is 2.32. The van der Waals surface area contributed by atoms with Gasteiger partial charge in [-0.25, -0.2) is 4.39 Å². The molecule has 0 saturated heterocycles. The number of rotatable bonds is 5. The van der Waals surface area contributed by atoms with Gasteiger partial charge in [-0.05, 0) is 39.3 Å². The van der Waals surface area contributed by atoms with Crippen molar-refractivity contribution >= 4 is 17.6 Å². The Hall–Kier alpha value is -1.29. The van der Waals surface area contributed by atoms with Gasteiger partial charge in [0.15, 0.2) is 5.96 Å². The number of halogens is 2. The summed E-state index contributed by atoms with van der Waals surface area (Å²) in [5, 5.41) is 6.81. The zero-order valence-corrected chi connectivity index (χ0v) is 12.4. The maximum atomic E-state index is 13.6. The highest BCUT2D eigenvalue weighted by Crippen LogP contribution is 2.19. The van der Waals surface area contributed by atoms with Crippen molar-refractivity contribution in [3.8, 4) is 0 Å². The van der Waals surface area contributed by atoms with Crippen molar-refractivity contribution in [2.75, 3.05) is 13.1 Å². The Kier molecular flexibility index (Phi) is 6.64. The topological polar surface area (TPSA) is 36.4 Å². The molecule has 0 atom stereocenters. The normalized spacial score (nSPS) is 11.8. The van der Waals surface area contributed by atoms with Crippen LogP contribution in [-0.4, -0.2) is 25.1 Å². The molecule has 3 nitrogen and oxygen atoms in total. The first-order chi connectivity index (χ1) is 9.04. The summed E-state index contributed by atoms with van der Waals surface area (Å²) < 4.78 is 13.6. The van der Waals surface area contributed by atoms with E-state index in [-0.39, 0.29) is 5.82 Å². The van der Waals surface area contributed by atoms with Crippen molar-refractivity contribution in [2.45, 2.75) is 33.2 Å². The average molecular weight is 286 g/mol. The predicted molar refractivity (Wildman–Crippen MR) is 79.4 cm³/mol. The first-order valence-electron chi connectivity index (χ1n) is 6.52. The summed E-state index contributed by atoms with van der Waals surface area (Å²) in [4.78, 5) is 4.40. The van der Waals surface area contributed by atoms with Crippen LogP contribution >= 0.6 is 11.6 Å². The molecule has 106 valence electrons. The molecule has 1 rings (SSSR count). The van der Waals surface area contributed by atoms with E-state index in [1.807, 2.05) is 20.8 Å². The molecule has 0 aromatic heterocycles. The lowest BCUT2D eigenvalue weighted by Crippen LogP contribution is -2.41. The third kappa shape index (κ3) is 5.47. The molecular weight excluding hydrogens is 265 g/mol. The van der Waals surface area contributed by atoms with Crippen LogP contribution in [0, 0.1) is 5.82 Å². The Morgan fingerprint density at radius 1 is 1.42 bits per heavy atom. The first kappa shape index (κ1) is 15.8. The van der Waals surface area contributed by atoms with Crippen molar-refractivity contribution in [2.24, 2.45) is 4.99 Å². The van der Waals surface area contributed by atoms with E-state index in [4.69, 9.17) is 11.6 Å². The molecule has 0 saturated carbocycles. The monoisotopic (exact) mass is 285 g/mol. The largest absolute Gasteiger partial charge is 0.357 e. The number of nitrogens with zero attached hydrogens (tertiary/aromatic N) is 1. The van der Waals surface area contributed by atoms with Crippen LogP contribution in [0.1, 0.15) is 26.3 Å². The highest BCUT2D eigenvalue weighted by molar-refractivity contribution is 6.31. The van der Waals surface area contributed by atoms with Crippen LogP contribution in [0.25, 0.3) is 0 Å². The molecule has 1 aromatic carbocycles. The maximum absolute atomic E-state index is 13.6. The smallest absolute Gasteiger partial charge is 0.191 e. The summed E-state index contributed by atoms with van der Waals surface area (Å²) in [7, 11) is 0. The van der Waals surface area contributed by atoms with Gasteiger partial charge in [-0.2, -0.15) is 0 Å². The lowest BCUT2D eigenvalue weighted by Gasteiger charge is -2.14. The van der Waals surface area contributed by atoms with E-state index in [2.05, 4.69) is 15.6 Å². The number of aliphatic imine (C=N–C) groups is 1. The Labute approximate surface area is 119 Å². The molecule has 0 spiro atoms. The van der Waals surface area contributed by atoms with Gasteiger partial charge in [0.25, 0.3) is 0 Å². The predicted octanol–water partition coefficient (Wildman–Crippen LogP) is 2.99. The molecule has 2 N–H and O–H groups in total. The lowest BCUT2D eigenvalue weighted by atomic mass is 10.1. The van der Waals surface area contributed by atoms with Crippen LogP contribution in [-0.2, 0) is 6.42 Å². The van der Waals surface area contributed by atoms with Gasteiger partial charge in [-0.1, -0.05) is 17.7 Å². The first-order valence-corrected chi connectivity index (χ1v) is 6.90. The van der Waals surface area contributed by atoms with E-state index in [0.717, 1.165) is 12.5 Å². The molecule has 0 amide bonds. The molecule has 0 aliphatic rings. The molecule has 0 fully saturated rings. The zero-order valence-electron chi connectivity index (χ0n) is 11.6. The molecule has 19 heavy (non-hydrogen) atoms. The fraction of sp³-hybridized carbons (Fsp3) is 0.500. The van der Waals surface area contributed by atoms with Gasteiger partial charge in [-0.15, -0.1) is 0 Å². The summed E-state index contributed by atoms with van der Waals surface area (Å²) >= 11 is 5.97.